The quantitative estimate of drug-likeness (QED) is 0.794. The normalized spacial score (nSPS) is 35.8. The molecular formula is C13H24N2O. The number of likely N-dealkylation sites (tertiary alicyclic amines) is 1. The van der Waals surface area contributed by atoms with Crippen molar-refractivity contribution >= 4 is 5.91 Å². The standard InChI is InChI=1S/C13H24N2O/c1-10-2-4-11(5-3-10)6-7-15-9-12(14)8-13(15)16/h10-12H,2-9,14H2,1H3. The van der Waals surface area contributed by atoms with Gasteiger partial charge in [-0.15, -0.1) is 0 Å². The van der Waals surface area contributed by atoms with Crippen molar-refractivity contribution in [3.8, 4) is 0 Å². The minimum absolute atomic E-state index is 0.0823. The van der Waals surface area contributed by atoms with E-state index in [2.05, 4.69) is 6.92 Å². The monoisotopic (exact) mass is 224 g/mol. The first-order valence-electron chi connectivity index (χ1n) is 6.68. The Kier molecular flexibility index (Phi) is 3.85. The lowest BCUT2D eigenvalue weighted by Gasteiger charge is -2.27. The first-order chi connectivity index (χ1) is 7.65. The predicted octanol–water partition coefficient (Wildman–Crippen LogP) is 1.76. The first-order valence-corrected chi connectivity index (χ1v) is 6.68. The lowest BCUT2D eigenvalue weighted by Crippen LogP contribution is -2.30. The molecule has 0 spiro atoms. The summed E-state index contributed by atoms with van der Waals surface area (Å²) in [7, 11) is 0. The molecule has 1 amide bonds. The van der Waals surface area contributed by atoms with Crippen LogP contribution >= 0.6 is 0 Å². The molecule has 2 rings (SSSR count). The number of nitrogens with two attached hydrogens (primary N) is 1. The second kappa shape index (κ2) is 5.17. The maximum Gasteiger partial charge on any atom is 0.224 e. The van der Waals surface area contributed by atoms with Gasteiger partial charge in [-0.1, -0.05) is 32.6 Å². The molecule has 1 aliphatic heterocycles. The van der Waals surface area contributed by atoms with E-state index < -0.39 is 0 Å². The van der Waals surface area contributed by atoms with Gasteiger partial charge in [0.25, 0.3) is 0 Å². The summed E-state index contributed by atoms with van der Waals surface area (Å²) in [6, 6.07) is 0.0823. The molecule has 0 aromatic heterocycles. The van der Waals surface area contributed by atoms with Crippen LogP contribution in [-0.4, -0.2) is 29.9 Å². The number of carbonyl (C=O) groups is 1. The van der Waals surface area contributed by atoms with Crippen LogP contribution in [-0.2, 0) is 4.79 Å². The van der Waals surface area contributed by atoms with Crippen LogP contribution in [0.1, 0.15) is 45.4 Å². The highest BCUT2D eigenvalue weighted by molar-refractivity contribution is 5.79. The minimum atomic E-state index is 0.0823. The zero-order chi connectivity index (χ0) is 11.5. The molecule has 2 N–H and O–H groups in total. The lowest BCUT2D eigenvalue weighted by atomic mass is 9.81. The Morgan fingerprint density at radius 3 is 2.56 bits per heavy atom. The van der Waals surface area contributed by atoms with Gasteiger partial charge < -0.3 is 10.6 Å². The van der Waals surface area contributed by atoms with Gasteiger partial charge in [-0.25, -0.2) is 0 Å². The maximum absolute atomic E-state index is 11.6. The van der Waals surface area contributed by atoms with Crippen LogP contribution in [0.25, 0.3) is 0 Å². The zero-order valence-electron chi connectivity index (χ0n) is 10.3. The Balaban J connectivity index is 1.69. The second-order valence-electron chi connectivity index (χ2n) is 5.72. The fourth-order valence-corrected chi connectivity index (χ4v) is 2.98. The van der Waals surface area contributed by atoms with Crippen molar-refractivity contribution in [1.29, 1.82) is 0 Å². The number of hydrogen-bond donors (Lipinski definition) is 1. The van der Waals surface area contributed by atoms with Gasteiger partial charge in [0.1, 0.15) is 0 Å². The predicted molar refractivity (Wildman–Crippen MR) is 64.9 cm³/mol. The summed E-state index contributed by atoms with van der Waals surface area (Å²) in [5.41, 5.74) is 5.78. The van der Waals surface area contributed by atoms with Gasteiger partial charge in [0, 0.05) is 25.6 Å². The fourth-order valence-electron chi connectivity index (χ4n) is 2.98. The van der Waals surface area contributed by atoms with E-state index >= 15 is 0 Å². The summed E-state index contributed by atoms with van der Waals surface area (Å²) in [4.78, 5) is 13.5. The van der Waals surface area contributed by atoms with Crippen molar-refractivity contribution in [2.75, 3.05) is 13.1 Å². The molecule has 16 heavy (non-hydrogen) atoms. The van der Waals surface area contributed by atoms with E-state index in [1.807, 2.05) is 4.90 Å². The van der Waals surface area contributed by atoms with E-state index in [1.54, 1.807) is 0 Å². The lowest BCUT2D eigenvalue weighted by molar-refractivity contribution is -0.127. The number of hydrogen-bond acceptors (Lipinski definition) is 2. The molecule has 0 aromatic rings. The third kappa shape index (κ3) is 2.97. The summed E-state index contributed by atoms with van der Waals surface area (Å²) in [5, 5.41) is 0. The van der Waals surface area contributed by atoms with Crippen LogP contribution in [0.15, 0.2) is 0 Å². The van der Waals surface area contributed by atoms with E-state index in [-0.39, 0.29) is 11.9 Å². The molecule has 0 radical (unpaired) electrons. The number of rotatable bonds is 3. The molecule has 1 heterocycles. The van der Waals surface area contributed by atoms with Gasteiger partial charge in [0.2, 0.25) is 5.91 Å². The Morgan fingerprint density at radius 2 is 2.00 bits per heavy atom. The van der Waals surface area contributed by atoms with Crippen LogP contribution in [0.5, 0.6) is 0 Å². The summed E-state index contributed by atoms with van der Waals surface area (Å²) in [6.45, 7) is 4.06. The SMILES string of the molecule is CC1CCC(CCN2CC(N)CC2=O)CC1. The van der Waals surface area contributed by atoms with Gasteiger partial charge in [0.15, 0.2) is 0 Å². The summed E-state index contributed by atoms with van der Waals surface area (Å²) in [6.07, 6.45) is 7.20. The van der Waals surface area contributed by atoms with Gasteiger partial charge in [-0.05, 0) is 18.3 Å². The molecule has 0 bridgehead atoms. The molecule has 0 aromatic carbocycles. The van der Waals surface area contributed by atoms with Crippen LogP contribution < -0.4 is 5.73 Å². The molecule has 1 aliphatic carbocycles. The van der Waals surface area contributed by atoms with Gasteiger partial charge >= 0.3 is 0 Å². The average molecular weight is 224 g/mol. The fraction of sp³-hybridized carbons (Fsp3) is 0.923. The van der Waals surface area contributed by atoms with Crippen molar-refractivity contribution in [2.45, 2.75) is 51.5 Å². The zero-order valence-corrected chi connectivity index (χ0v) is 10.3. The van der Waals surface area contributed by atoms with Crippen LogP contribution in [0.4, 0.5) is 0 Å². The Bertz CT molecular complexity index is 246. The van der Waals surface area contributed by atoms with Gasteiger partial charge in [0.05, 0.1) is 0 Å². The number of amides is 1. The average Bonchev–Trinajstić information content (AvgIpc) is 2.57. The maximum atomic E-state index is 11.6. The van der Waals surface area contributed by atoms with Crippen molar-refractivity contribution in [1.82, 2.24) is 4.90 Å². The molecule has 1 atom stereocenters. The highest BCUT2D eigenvalue weighted by Gasteiger charge is 2.27. The first kappa shape index (κ1) is 11.9. The van der Waals surface area contributed by atoms with E-state index in [0.717, 1.165) is 24.9 Å². The van der Waals surface area contributed by atoms with E-state index in [0.29, 0.717) is 6.42 Å². The molecule has 1 saturated heterocycles. The van der Waals surface area contributed by atoms with Gasteiger partial charge in [-0.2, -0.15) is 0 Å². The Hall–Kier alpha value is -0.570. The third-order valence-electron chi connectivity index (χ3n) is 4.19. The molecular weight excluding hydrogens is 200 g/mol. The molecule has 1 saturated carbocycles. The molecule has 3 heteroatoms. The van der Waals surface area contributed by atoms with Crippen LogP contribution in [0.3, 0.4) is 0 Å². The topological polar surface area (TPSA) is 46.3 Å². The summed E-state index contributed by atoms with van der Waals surface area (Å²) >= 11 is 0. The highest BCUT2D eigenvalue weighted by atomic mass is 16.2. The van der Waals surface area contributed by atoms with E-state index in [4.69, 9.17) is 5.73 Å². The van der Waals surface area contributed by atoms with Crippen molar-refractivity contribution in [2.24, 2.45) is 17.6 Å². The van der Waals surface area contributed by atoms with Crippen molar-refractivity contribution in [3.63, 3.8) is 0 Å². The van der Waals surface area contributed by atoms with Crippen molar-refractivity contribution in [3.05, 3.63) is 0 Å². The molecule has 3 nitrogen and oxygen atoms in total. The highest BCUT2D eigenvalue weighted by Crippen LogP contribution is 2.30. The Morgan fingerprint density at radius 1 is 1.31 bits per heavy atom. The Labute approximate surface area is 98.4 Å². The number of nitrogens with zero attached hydrogens (tertiary/aromatic N) is 1. The second-order valence-corrected chi connectivity index (χ2v) is 5.72. The third-order valence-corrected chi connectivity index (χ3v) is 4.19. The molecule has 2 aliphatic rings. The van der Waals surface area contributed by atoms with Crippen LogP contribution in [0, 0.1) is 11.8 Å². The molecule has 1 unspecified atom stereocenters. The summed E-state index contributed by atoms with van der Waals surface area (Å²) in [5.74, 6) is 2.02. The van der Waals surface area contributed by atoms with Gasteiger partial charge in [-0.3, -0.25) is 4.79 Å². The largest absolute Gasteiger partial charge is 0.341 e. The van der Waals surface area contributed by atoms with Crippen LogP contribution in [0.2, 0.25) is 0 Å². The summed E-state index contributed by atoms with van der Waals surface area (Å²) < 4.78 is 0. The number of carbonyl (C=O) groups excluding carboxylic acids is 1. The molecule has 92 valence electrons. The molecule has 2 fully saturated rings. The minimum Gasteiger partial charge on any atom is -0.341 e. The van der Waals surface area contributed by atoms with Crippen molar-refractivity contribution < 1.29 is 4.79 Å². The smallest absolute Gasteiger partial charge is 0.224 e. The van der Waals surface area contributed by atoms with E-state index in [9.17, 15) is 4.79 Å². The van der Waals surface area contributed by atoms with E-state index in [1.165, 1.54) is 32.1 Å².